The molecule has 0 bridgehead atoms. The molecule has 0 aliphatic carbocycles. The van der Waals surface area contributed by atoms with E-state index in [4.69, 9.17) is 11.6 Å². The van der Waals surface area contributed by atoms with E-state index in [0.29, 0.717) is 0 Å². The number of nitrogens with zero attached hydrogens (tertiary/aromatic N) is 1. The molecule has 4 rings (SSSR count). The second-order valence-corrected chi connectivity index (χ2v) is 9.69. The summed E-state index contributed by atoms with van der Waals surface area (Å²) in [5, 5.41) is 3.43. The van der Waals surface area contributed by atoms with Crippen molar-refractivity contribution >= 4 is 54.8 Å². The Kier molecular flexibility index (Phi) is 5.90. The van der Waals surface area contributed by atoms with Gasteiger partial charge in [-0.25, -0.2) is 17.8 Å². The van der Waals surface area contributed by atoms with Crippen LogP contribution in [0.3, 0.4) is 0 Å². The molecule has 2 N–H and O–H groups in total. The van der Waals surface area contributed by atoms with Crippen LogP contribution >= 0.6 is 22.9 Å². The van der Waals surface area contributed by atoms with Crippen molar-refractivity contribution in [2.75, 3.05) is 4.72 Å². The highest BCUT2D eigenvalue weighted by molar-refractivity contribution is 7.92. The van der Waals surface area contributed by atoms with Gasteiger partial charge in [0.1, 0.15) is 15.7 Å². The summed E-state index contributed by atoms with van der Waals surface area (Å²) in [6.45, 7) is 0.205. The van der Waals surface area contributed by atoms with Crippen molar-refractivity contribution in [2.24, 2.45) is 0 Å². The lowest BCUT2D eigenvalue weighted by atomic mass is 10.2. The summed E-state index contributed by atoms with van der Waals surface area (Å²) in [6, 6.07) is 16.5. The molecule has 3 aromatic carbocycles. The molecule has 0 fully saturated rings. The zero-order valence-electron chi connectivity index (χ0n) is 15.8. The summed E-state index contributed by atoms with van der Waals surface area (Å²) < 4.78 is 41.9. The van der Waals surface area contributed by atoms with Crippen LogP contribution in [0.15, 0.2) is 71.6 Å². The van der Waals surface area contributed by atoms with Crippen molar-refractivity contribution in [3.05, 3.63) is 88.1 Å². The van der Waals surface area contributed by atoms with Gasteiger partial charge in [-0.3, -0.25) is 9.52 Å². The molecule has 0 aliphatic heterocycles. The number of para-hydroxylation sites is 1. The molecule has 31 heavy (non-hydrogen) atoms. The number of hydrogen-bond acceptors (Lipinski definition) is 5. The molecule has 0 aliphatic rings. The van der Waals surface area contributed by atoms with Crippen molar-refractivity contribution < 1.29 is 17.6 Å². The van der Waals surface area contributed by atoms with Gasteiger partial charge in [-0.1, -0.05) is 23.7 Å². The molecular weight excluding hydrogens is 461 g/mol. The molecule has 0 unspecified atom stereocenters. The Morgan fingerprint density at radius 3 is 2.55 bits per heavy atom. The summed E-state index contributed by atoms with van der Waals surface area (Å²) >= 11 is 7.54. The molecule has 4 aromatic rings. The molecule has 10 heteroatoms. The minimum absolute atomic E-state index is 0.0441. The summed E-state index contributed by atoms with van der Waals surface area (Å²) in [4.78, 5) is 16.8. The molecule has 0 atom stereocenters. The Hall–Kier alpha value is -3.01. The zero-order chi connectivity index (χ0) is 22.0. The van der Waals surface area contributed by atoms with E-state index in [2.05, 4.69) is 15.0 Å². The van der Waals surface area contributed by atoms with Crippen LogP contribution < -0.4 is 10.0 Å². The van der Waals surface area contributed by atoms with Crippen LogP contribution in [-0.4, -0.2) is 19.3 Å². The monoisotopic (exact) mass is 475 g/mol. The van der Waals surface area contributed by atoms with E-state index in [1.165, 1.54) is 41.7 Å². The lowest BCUT2D eigenvalue weighted by molar-refractivity contribution is 0.0950. The van der Waals surface area contributed by atoms with Gasteiger partial charge in [0.2, 0.25) is 0 Å². The maximum Gasteiger partial charge on any atom is 0.263 e. The number of sulfonamides is 1. The number of nitrogens with one attached hydrogen (secondary N) is 2. The number of carbonyl (C=O) groups is 1. The molecule has 1 amide bonds. The van der Waals surface area contributed by atoms with E-state index in [9.17, 15) is 17.6 Å². The standard InChI is InChI=1S/C21H15ClFN3O3S2/c22-16-10-5-13(11-19(16)31(28,29)26-15-8-6-14(23)7-9-15)21(27)24-12-20-25-17-3-1-2-4-18(17)30-20/h1-11,26H,12H2,(H,24,27). The number of rotatable bonds is 6. The second-order valence-electron chi connectivity index (χ2n) is 6.52. The van der Waals surface area contributed by atoms with Gasteiger partial charge in [-0.05, 0) is 54.6 Å². The summed E-state index contributed by atoms with van der Waals surface area (Å²) in [6.07, 6.45) is 0. The Bertz CT molecular complexity index is 1340. The van der Waals surface area contributed by atoms with Gasteiger partial charge in [0.15, 0.2) is 0 Å². The quantitative estimate of drug-likeness (QED) is 0.418. The van der Waals surface area contributed by atoms with Crippen LogP contribution in [0.4, 0.5) is 10.1 Å². The highest BCUT2D eigenvalue weighted by Gasteiger charge is 2.20. The Labute approximate surface area is 186 Å². The van der Waals surface area contributed by atoms with E-state index in [0.717, 1.165) is 27.4 Å². The van der Waals surface area contributed by atoms with Crippen molar-refractivity contribution in [3.63, 3.8) is 0 Å². The van der Waals surface area contributed by atoms with E-state index in [1.54, 1.807) is 0 Å². The lowest BCUT2D eigenvalue weighted by Gasteiger charge is -2.11. The molecule has 1 aromatic heterocycles. The van der Waals surface area contributed by atoms with Gasteiger partial charge in [0, 0.05) is 11.3 Å². The molecule has 0 radical (unpaired) electrons. The third-order valence-corrected chi connectivity index (χ3v) is 7.22. The normalized spacial score (nSPS) is 11.4. The number of fused-ring (bicyclic) bond motifs is 1. The first-order valence-corrected chi connectivity index (χ1v) is 11.7. The molecular formula is C21H15ClFN3O3S2. The van der Waals surface area contributed by atoms with Gasteiger partial charge in [-0.2, -0.15) is 0 Å². The first kappa shape index (κ1) is 21.2. The van der Waals surface area contributed by atoms with Crippen LogP contribution in [0.1, 0.15) is 15.4 Å². The second kappa shape index (κ2) is 8.62. The predicted octanol–water partition coefficient (Wildman–Crippen LogP) is 4.82. The van der Waals surface area contributed by atoms with E-state index in [-0.39, 0.29) is 27.7 Å². The molecule has 0 saturated carbocycles. The molecule has 158 valence electrons. The van der Waals surface area contributed by atoms with E-state index < -0.39 is 21.7 Å². The van der Waals surface area contributed by atoms with Crippen LogP contribution in [0.5, 0.6) is 0 Å². The maximum absolute atomic E-state index is 13.1. The Morgan fingerprint density at radius 2 is 1.81 bits per heavy atom. The number of thiazole rings is 1. The number of benzene rings is 3. The van der Waals surface area contributed by atoms with Gasteiger partial charge in [0.05, 0.1) is 21.8 Å². The minimum Gasteiger partial charge on any atom is -0.346 e. The molecule has 1 heterocycles. The fourth-order valence-corrected chi connectivity index (χ4v) is 5.32. The highest BCUT2D eigenvalue weighted by atomic mass is 35.5. The molecule has 0 saturated heterocycles. The largest absolute Gasteiger partial charge is 0.346 e. The fourth-order valence-electron chi connectivity index (χ4n) is 2.83. The predicted molar refractivity (Wildman–Crippen MR) is 119 cm³/mol. The number of amides is 1. The summed E-state index contributed by atoms with van der Waals surface area (Å²) in [5.41, 5.74) is 1.15. The van der Waals surface area contributed by atoms with Crippen molar-refractivity contribution in [1.29, 1.82) is 0 Å². The Morgan fingerprint density at radius 1 is 1.06 bits per heavy atom. The first-order chi connectivity index (χ1) is 14.8. The Balaban J connectivity index is 1.52. The average molecular weight is 476 g/mol. The third-order valence-electron chi connectivity index (χ3n) is 4.32. The van der Waals surface area contributed by atoms with Gasteiger partial charge >= 0.3 is 0 Å². The highest BCUT2D eigenvalue weighted by Crippen LogP contribution is 2.26. The van der Waals surface area contributed by atoms with E-state index in [1.807, 2.05) is 24.3 Å². The van der Waals surface area contributed by atoms with Crippen molar-refractivity contribution in [2.45, 2.75) is 11.4 Å². The van der Waals surface area contributed by atoms with Crippen LogP contribution in [-0.2, 0) is 16.6 Å². The summed E-state index contributed by atoms with van der Waals surface area (Å²) in [5.74, 6) is -0.957. The molecule has 0 spiro atoms. The number of hydrogen-bond donors (Lipinski definition) is 2. The SMILES string of the molecule is O=C(NCc1nc2ccccc2s1)c1ccc(Cl)c(S(=O)(=O)Nc2ccc(F)cc2)c1. The maximum atomic E-state index is 13.1. The van der Waals surface area contributed by atoms with Crippen LogP contribution in [0, 0.1) is 5.82 Å². The van der Waals surface area contributed by atoms with E-state index >= 15 is 0 Å². The summed E-state index contributed by atoms with van der Waals surface area (Å²) in [7, 11) is -4.09. The first-order valence-electron chi connectivity index (χ1n) is 9.02. The van der Waals surface area contributed by atoms with Gasteiger partial charge in [-0.15, -0.1) is 11.3 Å². The minimum atomic E-state index is -4.09. The fraction of sp³-hybridized carbons (Fsp3) is 0.0476. The number of halogens is 2. The van der Waals surface area contributed by atoms with Crippen LogP contribution in [0.25, 0.3) is 10.2 Å². The van der Waals surface area contributed by atoms with Crippen molar-refractivity contribution in [3.8, 4) is 0 Å². The van der Waals surface area contributed by atoms with Gasteiger partial charge in [0.25, 0.3) is 15.9 Å². The number of anilines is 1. The lowest BCUT2D eigenvalue weighted by Crippen LogP contribution is -2.23. The zero-order valence-corrected chi connectivity index (χ0v) is 18.2. The topological polar surface area (TPSA) is 88.2 Å². The number of carbonyl (C=O) groups excluding carboxylic acids is 1. The van der Waals surface area contributed by atoms with Crippen LogP contribution in [0.2, 0.25) is 5.02 Å². The molecule has 6 nitrogen and oxygen atoms in total. The third kappa shape index (κ3) is 4.84. The smallest absolute Gasteiger partial charge is 0.263 e. The van der Waals surface area contributed by atoms with Gasteiger partial charge < -0.3 is 5.32 Å². The average Bonchev–Trinajstić information content (AvgIpc) is 3.17. The van der Waals surface area contributed by atoms with Crippen molar-refractivity contribution in [1.82, 2.24) is 10.3 Å². The number of aromatic nitrogens is 1.